The van der Waals surface area contributed by atoms with Crippen LogP contribution in [0.4, 0.5) is 9.52 Å². The van der Waals surface area contributed by atoms with Crippen molar-refractivity contribution < 1.29 is 17.5 Å². The van der Waals surface area contributed by atoms with E-state index in [1.54, 1.807) is 5.38 Å². The fraction of sp³-hybridized carbons (Fsp3) is 0.471. The molecule has 1 atom stereocenters. The number of halogens is 1. The van der Waals surface area contributed by atoms with E-state index < -0.39 is 20.7 Å². The van der Waals surface area contributed by atoms with Gasteiger partial charge in [0.05, 0.1) is 6.61 Å². The minimum Gasteiger partial charge on any atom is -0.493 e. The van der Waals surface area contributed by atoms with E-state index in [0.29, 0.717) is 12.4 Å². The summed E-state index contributed by atoms with van der Waals surface area (Å²) < 4.78 is 47.8. The van der Waals surface area contributed by atoms with Crippen LogP contribution in [0.15, 0.2) is 28.6 Å². The van der Waals surface area contributed by atoms with Crippen LogP contribution in [0, 0.1) is 5.82 Å². The standard InChI is InChI=1S/C17H20FN3O3S2/c18-13-10-12-14(21-6-2-1-3-7-21)4-8-24-15(12)11-16(13)26(22,23)20-17-19-5-9-25-17/h5,9-11,14H,1-4,6-8H2,(H,19,20)/t14-/m1/s1. The van der Waals surface area contributed by atoms with Crippen molar-refractivity contribution >= 4 is 26.5 Å². The Kier molecular flexibility index (Phi) is 4.85. The first-order valence-electron chi connectivity index (χ1n) is 8.67. The van der Waals surface area contributed by atoms with Crippen LogP contribution in [-0.4, -0.2) is 38.0 Å². The summed E-state index contributed by atoms with van der Waals surface area (Å²) in [6, 6.07) is 2.71. The van der Waals surface area contributed by atoms with Crippen molar-refractivity contribution in [3.63, 3.8) is 0 Å². The Morgan fingerprint density at radius 1 is 1.27 bits per heavy atom. The van der Waals surface area contributed by atoms with E-state index in [1.165, 1.54) is 24.8 Å². The average Bonchev–Trinajstić information content (AvgIpc) is 3.13. The highest BCUT2D eigenvalue weighted by Gasteiger charge is 2.31. The highest BCUT2D eigenvalue weighted by atomic mass is 32.2. The second kappa shape index (κ2) is 7.13. The second-order valence-electron chi connectivity index (χ2n) is 6.51. The van der Waals surface area contributed by atoms with Crippen LogP contribution in [0.5, 0.6) is 5.75 Å². The normalized spacial score (nSPS) is 21.0. The fourth-order valence-electron chi connectivity index (χ4n) is 3.63. The zero-order chi connectivity index (χ0) is 18.1. The summed E-state index contributed by atoms with van der Waals surface area (Å²) in [5.74, 6) is -0.312. The van der Waals surface area contributed by atoms with Gasteiger partial charge in [0.1, 0.15) is 16.5 Å². The van der Waals surface area contributed by atoms with Crippen LogP contribution in [-0.2, 0) is 10.0 Å². The molecule has 6 nitrogen and oxygen atoms in total. The van der Waals surface area contributed by atoms with E-state index >= 15 is 0 Å². The first kappa shape index (κ1) is 17.7. The summed E-state index contributed by atoms with van der Waals surface area (Å²) in [5, 5.41) is 1.85. The van der Waals surface area contributed by atoms with Gasteiger partial charge < -0.3 is 4.74 Å². The summed E-state index contributed by atoms with van der Waals surface area (Å²) in [4.78, 5) is 5.83. The molecule has 0 radical (unpaired) electrons. The second-order valence-corrected chi connectivity index (χ2v) is 9.06. The van der Waals surface area contributed by atoms with Gasteiger partial charge in [-0.3, -0.25) is 9.62 Å². The number of rotatable bonds is 4. The van der Waals surface area contributed by atoms with Crippen molar-refractivity contribution in [3.8, 4) is 5.75 Å². The molecule has 0 bridgehead atoms. The lowest BCUT2D eigenvalue weighted by Gasteiger charge is -2.38. The number of hydrogen-bond donors (Lipinski definition) is 1. The molecule has 0 aliphatic carbocycles. The molecule has 0 unspecified atom stereocenters. The van der Waals surface area contributed by atoms with Gasteiger partial charge in [-0.15, -0.1) is 11.3 Å². The highest BCUT2D eigenvalue weighted by molar-refractivity contribution is 7.93. The van der Waals surface area contributed by atoms with Crippen molar-refractivity contribution in [1.82, 2.24) is 9.88 Å². The van der Waals surface area contributed by atoms with Crippen LogP contribution in [0.2, 0.25) is 0 Å². The lowest BCUT2D eigenvalue weighted by molar-refractivity contribution is 0.118. The number of ether oxygens (including phenoxy) is 1. The number of anilines is 1. The van der Waals surface area contributed by atoms with Gasteiger partial charge in [-0.2, -0.15) is 0 Å². The summed E-state index contributed by atoms with van der Waals surface area (Å²) in [5.41, 5.74) is 0.740. The fourth-order valence-corrected chi connectivity index (χ4v) is 5.49. The first-order chi connectivity index (χ1) is 12.5. The number of benzene rings is 1. The first-order valence-corrected chi connectivity index (χ1v) is 11.0. The molecule has 1 aromatic heterocycles. The Hall–Kier alpha value is -1.71. The molecule has 4 rings (SSSR count). The molecule has 2 aliphatic heterocycles. The molecular formula is C17H20FN3O3S2. The molecule has 140 valence electrons. The molecule has 0 saturated carbocycles. The number of thiazole rings is 1. The van der Waals surface area contributed by atoms with Crippen LogP contribution >= 0.6 is 11.3 Å². The molecule has 26 heavy (non-hydrogen) atoms. The van der Waals surface area contributed by atoms with Gasteiger partial charge in [-0.05, 0) is 32.0 Å². The number of nitrogens with zero attached hydrogens (tertiary/aromatic N) is 2. The van der Waals surface area contributed by atoms with E-state index in [0.717, 1.165) is 49.3 Å². The number of likely N-dealkylation sites (tertiary alicyclic amines) is 1. The SMILES string of the molecule is O=S(=O)(Nc1nccs1)c1cc2c(cc1F)[C@H](N1CCCCC1)CCO2. The van der Waals surface area contributed by atoms with E-state index in [-0.39, 0.29) is 11.2 Å². The number of hydrogen-bond acceptors (Lipinski definition) is 6. The van der Waals surface area contributed by atoms with Gasteiger partial charge in [0.15, 0.2) is 5.13 Å². The molecule has 1 fully saturated rings. The topological polar surface area (TPSA) is 71.5 Å². The molecule has 0 amide bonds. The largest absolute Gasteiger partial charge is 0.493 e. The highest BCUT2D eigenvalue weighted by Crippen LogP contribution is 2.39. The van der Waals surface area contributed by atoms with Crippen LogP contribution in [0.1, 0.15) is 37.3 Å². The van der Waals surface area contributed by atoms with Crippen molar-refractivity contribution in [3.05, 3.63) is 35.1 Å². The van der Waals surface area contributed by atoms with Crippen molar-refractivity contribution in [1.29, 1.82) is 0 Å². The predicted octanol–water partition coefficient (Wildman–Crippen LogP) is 3.39. The van der Waals surface area contributed by atoms with E-state index in [1.807, 2.05) is 0 Å². The summed E-state index contributed by atoms with van der Waals surface area (Å²) in [7, 11) is -4.06. The average molecular weight is 397 g/mol. The third kappa shape index (κ3) is 3.43. The third-order valence-electron chi connectivity index (χ3n) is 4.85. The Labute approximate surface area is 156 Å². The lowest BCUT2D eigenvalue weighted by Crippen LogP contribution is -2.36. The van der Waals surface area contributed by atoms with Crippen LogP contribution in [0.3, 0.4) is 0 Å². The van der Waals surface area contributed by atoms with Gasteiger partial charge in [0.25, 0.3) is 10.0 Å². The molecule has 0 spiro atoms. The lowest BCUT2D eigenvalue weighted by atomic mass is 9.96. The quantitative estimate of drug-likeness (QED) is 0.856. The minimum absolute atomic E-state index is 0.0808. The van der Waals surface area contributed by atoms with Gasteiger partial charge in [0.2, 0.25) is 0 Å². The maximum absolute atomic E-state index is 14.7. The molecule has 2 aromatic rings. The zero-order valence-corrected chi connectivity index (χ0v) is 15.8. The Morgan fingerprint density at radius 2 is 2.08 bits per heavy atom. The minimum atomic E-state index is -4.06. The van der Waals surface area contributed by atoms with Crippen LogP contribution < -0.4 is 9.46 Å². The molecule has 1 saturated heterocycles. The van der Waals surface area contributed by atoms with Gasteiger partial charge in [-0.25, -0.2) is 17.8 Å². The summed E-state index contributed by atoms with van der Waals surface area (Å²) >= 11 is 1.14. The van der Waals surface area contributed by atoms with Crippen molar-refractivity contribution in [2.24, 2.45) is 0 Å². The predicted molar refractivity (Wildman–Crippen MR) is 97.6 cm³/mol. The molecule has 1 aromatic carbocycles. The van der Waals surface area contributed by atoms with E-state index in [9.17, 15) is 12.8 Å². The number of piperidine rings is 1. The zero-order valence-electron chi connectivity index (χ0n) is 14.2. The number of nitrogens with one attached hydrogen (secondary N) is 1. The molecular weight excluding hydrogens is 377 g/mol. The Bertz CT molecular complexity index is 881. The van der Waals surface area contributed by atoms with E-state index in [4.69, 9.17) is 4.74 Å². The van der Waals surface area contributed by atoms with E-state index in [2.05, 4.69) is 14.6 Å². The molecule has 9 heteroatoms. The molecule has 1 N–H and O–H groups in total. The van der Waals surface area contributed by atoms with Crippen molar-refractivity contribution in [2.45, 2.75) is 36.6 Å². The molecule has 3 heterocycles. The number of sulfonamides is 1. The van der Waals surface area contributed by atoms with Gasteiger partial charge >= 0.3 is 0 Å². The maximum atomic E-state index is 14.7. The Balaban J connectivity index is 1.67. The molecule has 2 aliphatic rings. The Morgan fingerprint density at radius 3 is 2.81 bits per heavy atom. The van der Waals surface area contributed by atoms with Crippen molar-refractivity contribution in [2.75, 3.05) is 24.4 Å². The third-order valence-corrected chi connectivity index (χ3v) is 7.02. The van der Waals surface area contributed by atoms with Gasteiger partial charge in [0, 0.05) is 35.7 Å². The smallest absolute Gasteiger partial charge is 0.266 e. The number of aromatic nitrogens is 1. The monoisotopic (exact) mass is 397 g/mol. The summed E-state index contributed by atoms with van der Waals surface area (Å²) in [6.45, 7) is 2.47. The maximum Gasteiger partial charge on any atom is 0.266 e. The van der Waals surface area contributed by atoms with Gasteiger partial charge in [-0.1, -0.05) is 6.42 Å². The summed E-state index contributed by atoms with van der Waals surface area (Å²) in [6.07, 6.45) is 5.77. The van der Waals surface area contributed by atoms with Crippen LogP contribution in [0.25, 0.3) is 0 Å². The number of fused-ring (bicyclic) bond motifs is 1.